The minimum Gasteiger partial charge on any atom is -0.310 e. The molecule has 1 heterocycles. The molecule has 0 bridgehead atoms. The van der Waals surface area contributed by atoms with Crippen LogP contribution >= 0.6 is 0 Å². The van der Waals surface area contributed by atoms with Gasteiger partial charge in [0.2, 0.25) is 0 Å². The lowest BCUT2D eigenvalue weighted by Crippen LogP contribution is -2.49. The highest BCUT2D eigenvalue weighted by molar-refractivity contribution is 5.25. The molecule has 1 aliphatic rings. The van der Waals surface area contributed by atoms with Crippen molar-refractivity contribution in [3.05, 3.63) is 35.1 Å². The summed E-state index contributed by atoms with van der Waals surface area (Å²) in [7, 11) is 2.15. The number of hydrogen-bond donors (Lipinski definition) is 1. The van der Waals surface area contributed by atoms with Gasteiger partial charge < -0.3 is 10.2 Å². The monoisotopic (exact) mass is 293 g/mol. The molecule has 1 aliphatic heterocycles. The Bertz CT molecular complexity index is 461. The number of nitrogens with zero attached hydrogens (tertiary/aromatic N) is 2. The Labute approximate surface area is 128 Å². The molecular formula is C17H28FN3. The summed E-state index contributed by atoms with van der Waals surface area (Å²) in [6.45, 7) is 11.1. The first-order valence-corrected chi connectivity index (χ1v) is 7.89. The lowest BCUT2D eigenvalue weighted by Gasteiger charge is -2.38. The molecule has 1 fully saturated rings. The van der Waals surface area contributed by atoms with Crippen molar-refractivity contribution >= 4 is 0 Å². The first-order chi connectivity index (χ1) is 9.95. The van der Waals surface area contributed by atoms with Gasteiger partial charge in [0.05, 0.1) is 0 Å². The SMILES string of the molecule is CC(C)NCc1ccc(F)c(CN2CCN(C)CC2C)c1. The first-order valence-electron chi connectivity index (χ1n) is 7.89. The molecule has 0 aliphatic carbocycles. The zero-order chi connectivity index (χ0) is 15.4. The van der Waals surface area contributed by atoms with Crippen LogP contribution in [-0.2, 0) is 13.1 Å². The molecule has 1 N–H and O–H groups in total. The van der Waals surface area contributed by atoms with Gasteiger partial charge in [0, 0.05) is 50.4 Å². The van der Waals surface area contributed by atoms with E-state index in [9.17, 15) is 4.39 Å². The van der Waals surface area contributed by atoms with Crippen molar-refractivity contribution in [1.29, 1.82) is 0 Å². The maximum atomic E-state index is 14.1. The van der Waals surface area contributed by atoms with Crippen molar-refractivity contribution in [2.75, 3.05) is 26.7 Å². The van der Waals surface area contributed by atoms with Gasteiger partial charge in [0.15, 0.2) is 0 Å². The van der Waals surface area contributed by atoms with Crippen LogP contribution in [0.5, 0.6) is 0 Å². The van der Waals surface area contributed by atoms with Crippen LogP contribution in [0.1, 0.15) is 31.9 Å². The molecule has 1 aromatic rings. The maximum absolute atomic E-state index is 14.1. The molecule has 0 aromatic heterocycles. The standard InChI is InChI=1S/C17H28FN3/c1-13(2)19-10-15-5-6-17(18)16(9-15)12-21-8-7-20(4)11-14(21)3/h5-6,9,13-14,19H,7-8,10-12H2,1-4H3. The van der Waals surface area contributed by atoms with Gasteiger partial charge in [0.25, 0.3) is 0 Å². The highest BCUT2D eigenvalue weighted by Gasteiger charge is 2.22. The van der Waals surface area contributed by atoms with Gasteiger partial charge in [-0.05, 0) is 25.6 Å². The van der Waals surface area contributed by atoms with E-state index in [4.69, 9.17) is 0 Å². The van der Waals surface area contributed by atoms with Crippen LogP contribution in [0.4, 0.5) is 4.39 Å². The van der Waals surface area contributed by atoms with E-state index in [1.165, 1.54) is 0 Å². The molecule has 118 valence electrons. The van der Waals surface area contributed by atoms with E-state index in [0.717, 1.165) is 37.3 Å². The predicted octanol–water partition coefficient (Wildman–Crippen LogP) is 2.46. The molecule has 0 spiro atoms. The number of halogens is 1. The highest BCUT2D eigenvalue weighted by atomic mass is 19.1. The smallest absolute Gasteiger partial charge is 0.127 e. The zero-order valence-corrected chi connectivity index (χ0v) is 13.7. The summed E-state index contributed by atoms with van der Waals surface area (Å²) in [4.78, 5) is 4.71. The van der Waals surface area contributed by atoms with Gasteiger partial charge in [-0.15, -0.1) is 0 Å². The summed E-state index contributed by atoms with van der Waals surface area (Å²) in [5, 5.41) is 3.38. The number of hydrogen-bond acceptors (Lipinski definition) is 3. The van der Waals surface area contributed by atoms with Crippen molar-refractivity contribution in [2.24, 2.45) is 0 Å². The second kappa shape index (κ2) is 7.34. The number of likely N-dealkylation sites (N-methyl/N-ethyl adjacent to an activating group) is 1. The minimum absolute atomic E-state index is 0.0885. The lowest BCUT2D eigenvalue weighted by molar-refractivity contribution is 0.0928. The molecule has 1 unspecified atom stereocenters. The summed E-state index contributed by atoms with van der Waals surface area (Å²) < 4.78 is 14.1. The summed E-state index contributed by atoms with van der Waals surface area (Å²) >= 11 is 0. The van der Waals surface area contributed by atoms with Crippen LogP contribution in [0, 0.1) is 5.82 Å². The van der Waals surface area contributed by atoms with Crippen molar-refractivity contribution in [1.82, 2.24) is 15.1 Å². The topological polar surface area (TPSA) is 18.5 Å². The normalized spacial score (nSPS) is 21.1. The van der Waals surface area contributed by atoms with Gasteiger partial charge in [-0.25, -0.2) is 4.39 Å². The van der Waals surface area contributed by atoms with E-state index in [1.54, 1.807) is 6.07 Å². The minimum atomic E-state index is -0.0885. The van der Waals surface area contributed by atoms with Gasteiger partial charge in [0.1, 0.15) is 5.82 Å². The molecule has 0 radical (unpaired) electrons. The van der Waals surface area contributed by atoms with Crippen LogP contribution in [0.25, 0.3) is 0 Å². The van der Waals surface area contributed by atoms with E-state index >= 15 is 0 Å². The second-order valence-electron chi connectivity index (χ2n) is 6.54. The molecule has 1 saturated heterocycles. The molecule has 0 saturated carbocycles. The first kappa shape index (κ1) is 16.4. The average molecular weight is 293 g/mol. The Balaban J connectivity index is 2.03. The molecule has 2 rings (SSSR count). The van der Waals surface area contributed by atoms with Crippen molar-refractivity contribution in [3.8, 4) is 0 Å². The van der Waals surface area contributed by atoms with Gasteiger partial charge in [-0.3, -0.25) is 4.90 Å². The fourth-order valence-electron chi connectivity index (χ4n) is 2.81. The zero-order valence-electron chi connectivity index (χ0n) is 13.7. The van der Waals surface area contributed by atoms with E-state index in [-0.39, 0.29) is 5.82 Å². The van der Waals surface area contributed by atoms with Crippen molar-refractivity contribution in [3.63, 3.8) is 0 Å². The quantitative estimate of drug-likeness (QED) is 0.900. The fraction of sp³-hybridized carbons (Fsp3) is 0.647. The molecule has 21 heavy (non-hydrogen) atoms. The Morgan fingerprint density at radius 1 is 1.33 bits per heavy atom. The molecule has 1 aromatic carbocycles. The number of piperazine rings is 1. The molecule has 4 heteroatoms. The Kier molecular flexibility index (Phi) is 5.73. The molecule has 1 atom stereocenters. The summed E-state index contributed by atoms with van der Waals surface area (Å²) in [6.07, 6.45) is 0. The average Bonchev–Trinajstić information content (AvgIpc) is 2.42. The summed E-state index contributed by atoms with van der Waals surface area (Å²) in [5.74, 6) is -0.0885. The number of nitrogens with one attached hydrogen (secondary N) is 1. The highest BCUT2D eigenvalue weighted by Crippen LogP contribution is 2.17. The van der Waals surface area contributed by atoms with Gasteiger partial charge in [-0.1, -0.05) is 26.0 Å². The Morgan fingerprint density at radius 3 is 2.76 bits per heavy atom. The predicted molar refractivity (Wildman–Crippen MR) is 85.7 cm³/mol. The van der Waals surface area contributed by atoms with E-state index in [2.05, 4.69) is 42.9 Å². The fourth-order valence-corrected chi connectivity index (χ4v) is 2.81. The molecule has 3 nitrogen and oxygen atoms in total. The largest absolute Gasteiger partial charge is 0.310 e. The molecular weight excluding hydrogens is 265 g/mol. The third-order valence-electron chi connectivity index (χ3n) is 4.17. The van der Waals surface area contributed by atoms with Crippen LogP contribution in [-0.4, -0.2) is 48.6 Å². The van der Waals surface area contributed by atoms with Crippen molar-refractivity contribution < 1.29 is 4.39 Å². The maximum Gasteiger partial charge on any atom is 0.127 e. The van der Waals surface area contributed by atoms with Gasteiger partial charge >= 0.3 is 0 Å². The van der Waals surface area contributed by atoms with Crippen LogP contribution in [0.2, 0.25) is 0 Å². The van der Waals surface area contributed by atoms with E-state index in [0.29, 0.717) is 18.6 Å². The summed E-state index contributed by atoms with van der Waals surface area (Å²) in [6, 6.07) is 6.40. The second-order valence-corrected chi connectivity index (χ2v) is 6.54. The third kappa shape index (κ3) is 4.77. The Morgan fingerprint density at radius 2 is 2.10 bits per heavy atom. The number of rotatable bonds is 5. The number of benzene rings is 1. The third-order valence-corrected chi connectivity index (χ3v) is 4.17. The van der Waals surface area contributed by atoms with Gasteiger partial charge in [-0.2, -0.15) is 0 Å². The van der Waals surface area contributed by atoms with Crippen LogP contribution < -0.4 is 5.32 Å². The Hall–Kier alpha value is -0.970. The lowest BCUT2D eigenvalue weighted by atomic mass is 10.1. The van der Waals surface area contributed by atoms with Crippen LogP contribution in [0.15, 0.2) is 18.2 Å². The summed E-state index contributed by atoms with van der Waals surface area (Å²) in [5.41, 5.74) is 1.97. The van der Waals surface area contributed by atoms with E-state index < -0.39 is 0 Å². The van der Waals surface area contributed by atoms with E-state index in [1.807, 2.05) is 12.1 Å². The molecule has 0 amide bonds. The van der Waals surface area contributed by atoms with Crippen molar-refractivity contribution in [2.45, 2.75) is 45.9 Å². The van der Waals surface area contributed by atoms with Crippen LogP contribution in [0.3, 0.4) is 0 Å².